The fourth-order valence-corrected chi connectivity index (χ4v) is 2.94. The minimum atomic E-state index is -1.02. The van der Waals surface area contributed by atoms with E-state index in [0.29, 0.717) is 32.3 Å². The third-order valence-electron chi connectivity index (χ3n) is 3.92. The van der Waals surface area contributed by atoms with Crippen molar-refractivity contribution in [3.05, 3.63) is 71.8 Å². The predicted octanol–water partition coefficient (Wildman–Crippen LogP) is 5.70. The quantitative estimate of drug-likeness (QED) is 0.288. The molecule has 0 fully saturated rings. The van der Waals surface area contributed by atoms with E-state index in [1.807, 2.05) is 0 Å². The zero-order valence-corrected chi connectivity index (χ0v) is 11.1. The van der Waals surface area contributed by atoms with E-state index in [0.717, 1.165) is 24.3 Å². The van der Waals surface area contributed by atoms with Gasteiger partial charge in [-0.05, 0) is 56.6 Å². The van der Waals surface area contributed by atoms with Gasteiger partial charge in [0.05, 0.1) is 0 Å². The fourth-order valence-electron chi connectivity index (χ4n) is 2.94. The largest absolute Gasteiger partial charge is 0.204 e. The summed E-state index contributed by atoms with van der Waals surface area (Å²) in [4.78, 5) is 0. The summed E-state index contributed by atoms with van der Waals surface area (Å²) < 4.78 is 54.4. The van der Waals surface area contributed by atoms with Crippen molar-refractivity contribution < 1.29 is 17.6 Å². The van der Waals surface area contributed by atoms with Crippen LogP contribution in [0.15, 0.2) is 48.5 Å². The number of fused-ring (bicyclic) bond motifs is 6. The molecule has 0 heterocycles. The zero-order chi connectivity index (χ0) is 15.4. The lowest BCUT2D eigenvalue weighted by atomic mass is 9.94. The van der Waals surface area contributed by atoms with Gasteiger partial charge in [0.25, 0.3) is 0 Å². The molecule has 0 unspecified atom stereocenters. The van der Waals surface area contributed by atoms with Crippen molar-refractivity contribution in [2.45, 2.75) is 0 Å². The van der Waals surface area contributed by atoms with E-state index in [1.165, 1.54) is 0 Å². The van der Waals surface area contributed by atoms with Gasteiger partial charge in [0, 0.05) is 0 Å². The second kappa shape index (κ2) is 4.44. The van der Waals surface area contributed by atoms with Gasteiger partial charge in [0.15, 0.2) is 23.3 Å². The highest BCUT2D eigenvalue weighted by Crippen LogP contribution is 2.36. The minimum Gasteiger partial charge on any atom is -0.204 e. The Labute approximate surface area is 122 Å². The standard InChI is InChI=1S/C18H8F4/c19-15-5-11-9-3-1-2-4-10(9)12-6-16(20)18(22)8-14(12)13(11)7-17(15)21/h1-8H. The number of benzene rings is 4. The molecule has 4 heteroatoms. The lowest BCUT2D eigenvalue weighted by molar-refractivity contribution is 0.510. The van der Waals surface area contributed by atoms with Crippen molar-refractivity contribution in [3.63, 3.8) is 0 Å². The van der Waals surface area contributed by atoms with Crippen molar-refractivity contribution in [1.82, 2.24) is 0 Å². The molecule has 0 saturated heterocycles. The smallest absolute Gasteiger partial charge is 0.159 e. The van der Waals surface area contributed by atoms with Gasteiger partial charge in [-0.25, -0.2) is 17.6 Å². The summed E-state index contributed by atoms with van der Waals surface area (Å²) in [7, 11) is 0. The molecule has 22 heavy (non-hydrogen) atoms. The average Bonchev–Trinajstić information content (AvgIpc) is 2.51. The number of hydrogen-bond acceptors (Lipinski definition) is 0. The summed E-state index contributed by atoms with van der Waals surface area (Å²) in [5.41, 5.74) is 0. The fraction of sp³-hybridized carbons (Fsp3) is 0. The second-order valence-corrected chi connectivity index (χ2v) is 5.17. The molecule has 0 N–H and O–H groups in total. The Morgan fingerprint density at radius 1 is 0.409 bits per heavy atom. The summed E-state index contributed by atoms with van der Waals surface area (Å²) in [6.07, 6.45) is 0. The molecule has 0 radical (unpaired) electrons. The maximum absolute atomic E-state index is 13.6. The van der Waals surface area contributed by atoms with Gasteiger partial charge < -0.3 is 0 Å². The van der Waals surface area contributed by atoms with Crippen LogP contribution < -0.4 is 0 Å². The summed E-state index contributed by atoms with van der Waals surface area (Å²) in [6.45, 7) is 0. The van der Waals surface area contributed by atoms with Gasteiger partial charge in [-0.15, -0.1) is 0 Å². The van der Waals surface area contributed by atoms with Gasteiger partial charge in [0.2, 0.25) is 0 Å². The van der Waals surface area contributed by atoms with Gasteiger partial charge in [-0.1, -0.05) is 24.3 Å². The molecule has 4 rings (SSSR count). The van der Waals surface area contributed by atoms with Crippen molar-refractivity contribution in [1.29, 1.82) is 0 Å². The van der Waals surface area contributed by atoms with E-state index in [1.54, 1.807) is 24.3 Å². The lowest BCUT2D eigenvalue weighted by Crippen LogP contribution is -1.91. The molecular formula is C18H8F4. The van der Waals surface area contributed by atoms with Crippen LogP contribution in [0.2, 0.25) is 0 Å². The van der Waals surface area contributed by atoms with Gasteiger partial charge in [-0.2, -0.15) is 0 Å². The van der Waals surface area contributed by atoms with Crippen LogP contribution in [0, 0.1) is 23.3 Å². The number of rotatable bonds is 0. The Balaban J connectivity index is 2.40. The van der Waals surface area contributed by atoms with Crippen LogP contribution in [0.4, 0.5) is 17.6 Å². The summed E-state index contributed by atoms with van der Waals surface area (Å²) in [5, 5.41) is 2.96. The van der Waals surface area contributed by atoms with Gasteiger partial charge in [0.1, 0.15) is 0 Å². The molecule has 0 aliphatic carbocycles. The van der Waals surface area contributed by atoms with Crippen molar-refractivity contribution in [2.75, 3.05) is 0 Å². The molecule has 0 amide bonds. The first-order valence-corrected chi connectivity index (χ1v) is 6.64. The van der Waals surface area contributed by atoms with Crippen molar-refractivity contribution >= 4 is 32.3 Å². The molecule has 0 spiro atoms. The Bertz CT molecular complexity index is 981. The third kappa shape index (κ3) is 1.70. The van der Waals surface area contributed by atoms with E-state index >= 15 is 0 Å². The number of halogens is 4. The minimum absolute atomic E-state index is 0.353. The monoisotopic (exact) mass is 300 g/mol. The third-order valence-corrected chi connectivity index (χ3v) is 3.92. The molecule has 0 aliphatic heterocycles. The molecule has 0 atom stereocenters. The van der Waals surface area contributed by atoms with Crippen molar-refractivity contribution in [2.24, 2.45) is 0 Å². The zero-order valence-electron chi connectivity index (χ0n) is 11.1. The molecule has 0 aromatic heterocycles. The molecule has 0 bridgehead atoms. The first kappa shape index (κ1) is 13.1. The maximum atomic E-state index is 13.6. The Kier molecular flexibility index (Phi) is 2.64. The van der Waals surface area contributed by atoms with Gasteiger partial charge in [-0.3, -0.25) is 0 Å². The summed E-state index contributed by atoms with van der Waals surface area (Å²) in [5.74, 6) is -3.98. The highest BCUT2D eigenvalue weighted by Gasteiger charge is 2.14. The van der Waals surface area contributed by atoms with Crippen LogP contribution in [-0.4, -0.2) is 0 Å². The van der Waals surface area contributed by atoms with Crippen LogP contribution in [0.25, 0.3) is 32.3 Å². The van der Waals surface area contributed by atoms with E-state index < -0.39 is 23.3 Å². The highest BCUT2D eigenvalue weighted by molar-refractivity contribution is 6.25. The summed E-state index contributed by atoms with van der Waals surface area (Å²) >= 11 is 0. The normalized spacial score (nSPS) is 11.6. The first-order valence-electron chi connectivity index (χ1n) is 6.64. The van der Waals surface area contributed by atoms with Gasteiger partial charge >= 0.3 is 0 Å². The average molecular weight is 300 g/mol. The van der Waals surface area contributed by atoms with Crippen molar-refractivity contribution in [3.8, 4) is 0 Å². The molecule has 4 aromatic carbocycles. The molecule has 0 nitrogen and oxygen atoms in total. The van der Waals surface area contributed by atoms with E-state index in [9.17, 15) is 17.6 Å². The van der Waals surface area contributed by atoms with Crippen LogP contribution in [0.5, 0.6) is 0 Å². The van der Waals surface area contributed by atoms with E-state index in [2.05, 4.69) is 0 Å². The molecule has 0 aliphatic rings. The molecular weight excluding hydrogens is 292 g/mol. The van der Waals surface area contributed by atoms with Crippen LogP contribution in [-0.2, 0) is 0 Å². The van der Waals surface area contributed by atoms with E-state index in [4.69, 9.17) is 0 Å². The molecule has 0 saturated carbocycles. The Hall–Kier alpha value is -2.62. The van der Waals surface area contributed by atoms with E-state index in [-0.39, 0.29) is 0 Å². The molecule has 4 aromatic rings. The highest BCUT2D eigenvalue weighted by atomic mass is 19.2. The lowest BCUT2D eigenvalue weighted by Gasteiger charge is -2.11. The Morgan fingerprint density at radius 2 is 0.682 bits per heavy atom. The topological polar surface area (TPSA) is 0 Å². The summed E-state index contributed by atoms with van der Waals surface area (Å²) in [6, 6.07) is 11.2. The molecule has 108 valence electrons. The number of hydrogen-bond donors (Lipinski definition) is 0. The predicted molar refractivity (Wildman–Crippen MR) is 78.8 cm³/mol. The second-order valence-electron chi connectivity index (χ2n) is 5.17. The first-order chi connectivity index (χ1) is 10.6. The van der Waals surface area contributed by atoms with Crippen LogP contribution in [0.3, 0.4) is 0 Å². The maximum Gasteiger partial charge on any atom is 0.159 e. The Morgan fingerprint density at radius 3 is 1.00 bits per heavy atom. The van der Waals surface area contributed by atoms with Crippen LogP contribution >= 0.6 is 0 Å². The SMILES string of the molecule is Fc1cc2c3ccccc3c3cc(F)c(F)cc3c2cc1F. The van der Waals surface area contributed by atoms with Crippen LogP contribution in [0.1, 0.15) is 0 Å².